The molecule has 2 N–H and O–H groups in total. The van der Waals surface area contributed by atoms with Crippen LogP contribution in [0, 0.1) is 11.3 Å². The zero-order valence-corrected chi connectivity index (χ0v) is 13.6. The molecule has 2 unspecified atom stereocenters. The Hall–Kier alpha value is -2.81. The topological polar surface area (TPSA) is 90.8 Å². The standard InChI is InChI=1S/C18H20N4O2/c1-2-3-9-18(14-7-5-4-6-8-14)10-15(17(23)24-18)21-16-13(11-19)12-20-22-16/h4-8,12,15H,2-3,9-10H2,1H3,(H2,20,21,22). The number of nitriles is 1. The van der Waals surface area contributed by atoms with Crippen LogP contribution in [0.5, 0.6) is 0 Å². The number of nitrogens with one attached hydrogen (secondary N) is 2. The largest absolute Gasteiger partial charge is 0.453 e. The first-order valence-electron chi connectivity index (χ1n) is 8.17. The second-order valence-corrected chi connectivity index (χ2v) is 6.06. The van der Waals surface area contributed by atoms with Crippen molar-refractivity contribution in [2.45, 2.75) is 44.2 Å². The highest BCUT2D eigenvalue weighted by Gasteiger charge is 2.47. The van der Waals surface area contributed by atoms with Crippen LogP contribution < -0.4 is 5.32 Å². The van der Waals surface area contributed by atoms with Gasteiger partial charge in [0.1, 0.15) is 29.1 Å². The minimum absolute atomic E-state index is 0.298. The number of H-pyrrole nitrogens is 1. The van der Waals surface area contributed by atoms with Crippen molar-refractivity contribution in [3.8, 4) is 6.07 Å². The molecule has 6 nitrogen and oxygen atoms in total. The molecule has 24 heavy (non-hydrogen) atoms. The molecule has 6 heteroatoms. The first kappa shape index (κ1) is 16.1. The number of anilines is 1. The van der Waals surface area contributed by atoms with Gasteiger partial charge in [-0.05, 0) is 18.4 Å². The van der Waals surface area contributed by atoms with Crippen molar-refractivity contribution >= 4 is 11.8 Å². The van der Waals surface area contributed by atoms with Gasteiger partial charge in [0.25, 0.3) is 0 Å². The molecule has 0 saturated carbocycles. The second kappa shape index (κ2) is 6.75. The summed E-state index contributed by atoms with van der Waals surface area (Å²) >= 11 is 0. The number of unbranched alkanes of at least 4 members (excludes halogenated alkanes) is 1. The Morgan fingerprint density at radius 1 is 1.46 bits per heavy atom. The third kappa shape index (κ3) is 2.98. The zero-order chi connectivity index (χ0) is 17.0. The van der Waals surface area contributed by atoms with Gasteiger partial charge in [-0.15, -0.1) is 0 Å². The van der Waals surface area contributed by atoms with E-state index in [2.05, 4.69) is 22.4 Å². The van der Waals surface area contributed by atoms with Gasteiger partial charge in [0.05, 0.1) is 6.20 Å². The Balaban J connectivity index is 1.85. The maximum Gasteiger partial charge on any atom is 0.329 e. The monoisotopic (exact) mass is 324 g/mol. The van der Waals surface area contributed by atoms with Crippen LogP contribution in [0.3, 0.4) is 0 Å². The van der Waals surface area contributed by atoms with Crippen LogP contribution in [0.25, 0.3) is 0 Å². The average molecular weight is 324 g/mol. The normalized spacial score (nSPS) is 22.8. The van der Waals surface area contributed by atoms with Gasteiger partial charge < -0.3 is 10.1 Å². The van der Waals surface area contributed by atoms with Gasteiger partial charge in [-0.2, -0.15) is 10.4 Å². The highest BCUT2D eigenvalue weighted by Crippen LogP contribution is 2.42. The number of cyclic esters (lactones) is 1. The number of aromatic amines is 1. The first-order chi connectivity index (χ1) is 11.7. The number of nitrogens with zero attached hydrogens (tertiary/aromatic N) is 2. The van der Waals surface area contributed by atoms with Crippen LogP contribution in [0.2, 0.25) is 0 Å². The lowest BCUT2D eigenvalue weighted by molar-refractivity contribution is -0.150. The summed E-state index contributed by atoms with van der Waals surface area (Å²) in [4.78, 5) is 12.5. The number of aromatic nitrogens is 2. The fourth-order valence-corrected chi connectivity index (χ4v) is 3.16. The summed E-state index contributed by atoms with van der Waals surface area (Å²) in [5.74, 6) is 0.159. The third-order valence-corrected chi connectivity index (χ3v) is 4.43. The average Bonchev–Trinajstić information content (AvgIpc) is 3.19. The lowest BCUT2D eigenvalue weighted by atomic mass is 9.85. The van der Waals surface area contributed by atoms with Crippen molar-refractivity contribution in [3.63, 3.8) is 0 Å². The summed E-state index contributed by atoms with van der Waals surface area (Å²) in [6.07, 6.45) is 4.75. The van der Waals surface area contributed by atoms with Crippen molar-refractivity contribution in [1.82, 2.24) is 10.2 Å². The van der Waals surface area contributed by atoms with Crippen molar-refractivity contribution in [2.24, 2.45) is 0 Å². The Kier molecular flexibility index (Phi) is 4.52. The summed E-state index contributed by atoms with van der Waals surface area (Å²) in [5, 5.41) is 18.7. The molecule has 2 aromatic rings. The molecular weight excluding hydrogens is 304 g/mol. The fraction of sp³-hybridized carbons (Fsp3) is 0.389. The van der Waals surface area contributed by atoms with Crippen molar-refractivity contribution in [1.29, 1.82) is 5.26 Å². The van der Waals surface area contributed by atoms with Crippen LogP contribution in [0.4, 0.5) is 5.82 Å². The van der Waals surface area contributed by atoms with Crippen molar-refractivity contribution in [2.75, 3.05) is 5.32 Å². The molecular formula is C18H20N4O2. The minimum atomic E-state index is -0.612. The molecule has 0 spiro atoms. The molecule has 0 radical (unpaired) electrons. The lowest BCUT2D eigenvalue weighted by Crippen LogP contribution is -2.27. The van der Waals surface area contributed by atoms with Gasteiger partial charge in [-0.25, -0.2) is 4.79 Å². The molecule has 1 saturated heterocycles. The van der Waals surface area contributed by atoms with E-state index in [1.54, 1.807) is 0 Å². The Morgan fingerprint density at radius 3 is 2.96 bits per heavy atom. The molecule has 1 aromatic heterocycles. The number of carbonyl (C=O) groups is 1. The van der Waals surface area contributed by atoms with E-state index in [9.17, 15) is 4.79 Å². The van der Waals surface area contributed by atoms with Gasteiger partial charge in [0.15, 0.2) is 0 Å². The molecule has 1 aliphatic rings. The highest BCUT2D eigenvalue weighted by atomic mass is 16.6. The van der Waals surface area contributed by atoms with E-state index >= 15 is 0 Å². The van der Waals surface area contributed by atoms with E-state index in [1.165, 1.54) is 6.20 Å². The zero-order valence-electron chi connectivity index (χ0n) is 13.6. The predicted octanol–water partition coefficient (Wildman–Crippen LogP) is 3.09. The van der Waals surface area contributed by atoms with E-state index in [-0.39, 0.29) is 5.97 Å². The number of hydrogen-bond donors (Lipinski definition) is 2. The molecule has 1 fully saturated rings. The summed E-state index contributed by atoms with van der Waals surface area (Å²) in [6, 6.07) is 11.4. The molecule has 124 valence electrons. The molecule has 1 aliphatic heterocycles. The van der Waals surface area contributed by atoms with E-state index in [0.29, 0.717) is 17.8 Å². The fourth-order valence-electron chi connectivity index (χ4n) is 3.16. The number of ether oxygens (including phenoxy) is 1. The summed E-state index contributed by atoms with van der Waals surface area (Å²) in [5.41, 5.74) is 0.786. The smallest absolute Gasteiger partial charge is 0.329 e. The molecule has 2 heterocycles. The maximum absolute atomic E-state index is 12.5. The molecule has 1 aromatic carbocycles. The van der Waals surface area contributed by atoms with E-state index < -0.39 is 11.6 Å². The van der Waals surface area contributed by atoms with Gasteiger partial charge in [0, 0.05) is 6.42 Å². The van der Waals surface area contributed by atoms with E-state index in [1.807, 2.05) is 36.4 Å². The van der Waals surface area contributed by atoms with Crippen LogP contribution in [-0.4, -0.2) is 22.2 Å². The number of benzene rings is 1. The molecule has 2 atom stereocenters. The second-order valence-electron chi connectivity index (χ2n) is 6.06. The quantitative estimate of drug-likeness (QED) is 0.797. The number of esters is 1. The lowest BCUT2D eigenvalue weighted by Gasteiger charge is -2.28. The van der Waals surface area contributed by atoms with Gasteiger partial charge in [-0.3, -0.25) is 5.10 Å². The summed E-state index contributed by atoms with van der Waals surface area (Å²) in [7, 11) is 0. The van der Waals surface area contributed by atoms with E-state index in [0.717, 1.165) is 24.8 Å². The molecule has 0 bridgehead atoms. The summed E-state index contributed by atoms with van der Waals surface area (Å²) < 4.78 is 5.85. The molecule has 0 aliphatic carbocycles. The third-order valence-electron chi connectivity index (χ3n) is 4.43. The molecule has 3 rings (SSSR count). The van der Waals surface area contributed by atoms with Gasteiger partial charge in [0.2, 0.25) is 0 Å². The van der Waals surface area contributed by atoms with Crippen LogP contribution >= 0.6 is 0 Å². The maximum atomic E-state index is 12.5. The van der Waals surface area contributed by atoms with Crippen LogP contribution in [0.1, 0.15) is 43.7 Å². The number of rotatable bonds is 6. The van der Waals surface area contributed by atoms with Crippen LogP contribution in [-0.2, 0) is 15.1 Å². The van der Waals surface area contributed by atoms with Crippen molar-refractivity contribution < 1.29 is 9.53 Å². The predicted molar refractivity (Wildman–Crippen MR) is 89.1 cm³/mol. The number of carbonyl (C=O) groups excluding carboxylic acids is 1. The Morgan fingerprint density at radius 2 is 2.25 bits per heavy atom. The number of hydrogen-bond acceptors (Lipinski definition) is 5. The Bertz CT molecular complexity index is 750. The first-order valence-corrected chi connectivity index (χ1v) is 8.17. The van der Waals surface area contributed by atoms with Crippen molar-refractivity contribution in [3.05, 3.63) is 47.7 Å². The van der Waals surface area contributed by atoms with Crippen LogP contribution in [0.15, 0.2) is 36.5 Å². The Labute approximate surface area is 140 Å². The summed E-state index contributed by atoms with van der Waals surface area (Å²) in [6.45, 7) is 2.12. The van der Waals surface area contributed by atoms with E-state index in [4.69, 9.17) is 10.00 Å². The molecule has 0 amide bonds. The van der Waals surface area contributed by atoms with Gasteiger partial charge >= 0.3 is 5.97 Å². The van der Waals surface area contributed by atoms with Gasteiger partial charge in [-0.1, -0.05) is 43.7 Å². The highest BCUT2D eigenvalue weighted by molar-refractivity contribution is 5.82. The minimum Gasteiger partial charge on any atom is -0.453 e. The SMILES string of the molecule is CCCCC1(c2ccccc2)CC(Nc2[nH]ncc2C#N)C(=O)O1.